The summed E-state index contributed by atoms with van der Waals surface area (Å²) in [4.78, 5) is 0. The molecule has 1 aliphatic heterocycles. The minimum atomic E-state index is -0.182. The fraction of sp³-hybridized carbons (Fsp3) is 1.00. The van der Waals surface area contributed by atoms with Gasteiger partial charge >= 0.3 is 0 Å². The molecular formula is C6H14N2O. The highest BCUT2D eigenvalue weighted by atomic mass is 16.3. The lowest BCUT2D eigenvalue weighted by molar-refractivity contribution is 0.168. The van der Waals surface area contributed by atoms with Gasteiger partial charge in [-0.1, -0.05) is 0 Å². The zero-order valence-corrected chi connectivity index (χ0v) is 5.51. The molecule has 0 unspecified atom stereocenters. The van der Waals surface area contributed by atoms with E-state index in [1.807, 2.05) is 0 Å². The van der Waals surface area contributed by atoms with Crippen LogP contribution in [0.3, 0.4) is 0 Å². The van der Waals surface area contributed by atoms with Crippen LogP contribution in [0.25, 0.3) is 0 Å². The number of nitrogens with one attached hydrogen (secondary N) is 1. The molecule has 1 heterocycles. The quantitative estimate of drug-likeness (QED) is 0.396. The molecule has 0 aromatic carbocycles. The van der Waals surface area contributed by atoms with Gasteiger partial charge in [-0.05, 0) is 12.8 Å². The first-order chi connectivity index (χ1) is 4.29. The Morgan fingerprint density at radius 3 is 2.89 bits per heavy atom. The molecule has 0 aromatic rings. The van der Waals surface area contributed by atoms with Crippen LogP contribution in [-0.4, -0.2) is 30.3 Å². The molecule has 9 heavy (non-hydrogen) atoms. The molecule has 1 rings (SSSR count). The summed E-state index contributed by atoms with van der Waals surface area (Å²) >= 11 is 0. The molecule has 0 amide bonds. The number of hydrogen-bond acceptors (Lipinski definition) is 3. The van der Waals surface area contributed by atoms with Crippen molar-refractivity contribution in [1.82, 2.24) is 5.32 Å². The second-order valence-electron chi connectivity index (χ2n) is 2.65. The third-order valence-corrected chi connectivity index (χ3v) is 1.66. The maximum atomic E-state index is 9.09. The van der Waals surface area contributed by atoms with E-state index in [2.05, 4.69) is 5.32 Å². The van der Waals surface area contributed by atoms with Gasteiger partial charge in [-0.25, -0.2) is 0 Å². The van der Waals surface area contributed by atoms with Gasteiger partial charge in [0.15, 0.2) is 0 Å². The SMILES string of the molecule is N[C@H]1CC[C@@H](O)CNC1. The number of aliphatic hydroxyl groups is 1. The second kappa shape index (κ2) is 3.15. The van der Waals surface area contributed by atoms with E-state index in [4.69, 9.17) is 10.8 Å². The van der Waals surface area contributed by atoms with Gasteiger partial charge in [0.1, 0.15) is 0 Å². The van der Waals surface area contributed by atoms with Crippen molar-refractivity contribution in [2.75, 3.05) is 13.1 Å². The number of rotatable bonds is 0. The average Bonchev–Trinajstić information content (AvgIpc) is 1.97. The maximum Gasteiger partial charge on any atom is 0.0665 e. The highest BCUT2D eigenvalue weighted by molar-refractivity contribution is 4.73. The largest absolute Gasteiger partial charge is 0.392 e. The third-order valence-electron chi connectivity index (χ3n) is 1.66. The van der Waals surface area contributed by atoms with Crippen molar-refractivity contribution < 1.29 is 5.11 Å². The molecular weight excluding hydrogens is 116 g/mol. The van der Waals surface area contributed by atoms with Crippen molar-refractivity contribution in [3.63, 3.8) is 0 Å². The van der Waals surface area contributed by atoms with E-state index in [1.54, 1.807) is 0 Å². The number of nitrogens with two attached hydrogens (primary N) is 1. The fourth-order valence-electron chi connectivity index (χ4n) is 1.05. The Labute approximate surface area is 55.2 Å². The topological polar surface area (TPSA) is 58.3 Å². The van der Waals surface area contributed by atoms with Crippen molar-refractivity contribution in [1.29, 1.82) is 0 Å². The predicted octanol–water partition coefficient (Wildman–Crippen LogP) is -0.942. The molecule has 0 bridgehead atoms. The zero-order chi connectivity index (χ0) is 6.69. The number of β-amino-alcohol motifs (C(OH)–C–C–N with tert-alkyl or cyclic N) is 1. The molecule has 2 atom stereocenters. The zero-order valence-electron chi connectivity index (χ0n) is 5.51. The average molecular weight is 130 g/mol. The Hall–Kier alpha value is -0.120. The van der Waals surface area contributed by atoms with Crippen molar-refractivity contribution in [2.24, 2.45) is 5.73 Å². The highest BCUT2D eigenvalue weighted by Crippen LogP contribution is 2.02. The van der Waals surface area contributed by atoms with Crippen LogP contribution >= 0.6 is 0 Å². The molecule has 3 heteroatoms. The third kappa shape index (κ3) is 2.30. The van der Waals surface area contributed by atoms with E-state index >= 15 is 0 Å². The first-order valence-electron chi connectivity index (χ1n) is 3.43. The number of aliphatic hydroxyl groups excluding tert-OH is 1. The lowest BCUT2D eigenvalue weighted by atomic mass is 10.1. The lowest BCUT2D eigenvalue weighted by Crippen LogP contribution is -2.32. The molecule has 0 radical (unpaired) electrons. The van der Waals surface area contributed by atoms with E-state index in [9.17, 15) is 0 Å². The highest BCUT2D eigenvalue weighted by Gasteiger charge is 2.12. The summed E-state index contributed by atoms with van der Waals surface area (Å²) < 4.78 is 0. The molecule has 1 aliphatic rings. The van der Waals surface area contributed by atoms with Crippen molar-refractivity contribution in [2.45, 2.75) is 25.0 Å². The summed E-state index contributed by atoms with van der Waals surface area (Å²) in [6, 6.07) is 0.238. The van der Waals surface area contributed by atoms with Crippen LogP contribution in [0.2, 0.25) is 0 Å². The van der Waals surface area contributed by atoms with Gasteiger partial charge in [-0.2, -0.15) is 0 Å². The monoisotopic (exact) mass is 130 g/mol. The van der Waals surface area contributed by atoms with Gasteiger partial charge in [0.2, 0.25) is 0 Å². The van der Waals surface area contributed by atoms with Gasteiger partial charge in [0.25, 0.3) is 0 Å². The standard InChI is InChI=1S/C6H14N2O/c7-5-1-2-6(9)4-8-3-5/h5-6,8-9H,1-4,7H2/t5-,6+/m0/s1. The molecule has 0 saturated carbocycles. The minimum Gasteiger partial charge on any atom is -0.392 e. The summed E-state index contributed by atoms with van der Waals surface area (Å²) in [5, 5.41) is 12.2. The van der Waals surface area contributed by atoms with Crippen LogP contribution in [0.15, 0.2) is 0 Å². The van der Waals surface area contributed by atoms with Gasteiger partial charge in [0, 0.05) is 19.1 Å². The summed E-state index contributed by atoms with van der Waals surface area (Å²) in [6.45, 7) is 1.55. The van der Waals surface area contributed by atoms with Crippen molar-refractivity contribution in [3.8, 4) is 0 Å². The molecule has 54 valence electrons. The molecule has 4 N–H and O–H groups in total. The van der Waals surface area contributed by atoms with Gasteiger partial charge < -0.3 is 16.2 Å². The van der Waals surface area contributed by atoms with E-state index in [0.717, 1.165) is 19.4 Å². The fourth-order valence-corrected chi connectivity index (χ4v) is 1.05. The van der Waals surface area contributed by atoms with Crippen molar-refractivity contribution in [3.05, 3.63) is 0 Å². The summed E-state index contributed by atoms with van der Waals surface area (Å²) in [5.74, 6) is 0. The van der Waals surface area contributed by atoms with Crippen molar-refractivity contribution >= 4 is 0 Å². The van der Waals surface area contributed by atoms with Crippen LogP contribution in [0.1, 0.15) is 12.8 Å². The summed E-state index contributed by atoms with van der Waals surface area (Å²) in [6.07, 6.45) is 1.60. The normalized spacial score (nSPS) is 38.0. The minimum absolute atomic E-state index is 0.182. The molecule has 0 aliphatic carbocycles. The predicted molar refractivity (Wildman–Crippen MR) is 36.1 cm³/mol. The number of hydrogen-bond donors (Lipinski definition) is 3. The van der Waals surface area contributed by atoms with Crippen LogP contribution in [0, 0.1) is 0 Å². The Kier molecular flexibility index (Phi) is 2.45. The Balaban J connectivity index is 2.25. The van der Waals surface area contributed by atoms with E-state index < -0.39 is 0 Å². The van der Waals surface area contributed by atoms with Crippen LogP contribution in [-0.2, 0) is 0 Å². The first kappa shape index (κ1) is 6.99. The van der Waals surface area contributed by atoms with Gasteiger partial charge in [-0.15, -0.1) is 0 Å². The summed E-state index contributed by atoms with van der Waals surface area (Å²) in [5.41, 5.74) is 5.62. The second-order valence-corrected chi connectivity index (χ2v) is 2.65. The van der Waals surface area contributed by atoms with E-state index in [0.29, 0.717) is 6.54 Å². The Morgan fingerprint density at radius 2 is 2.11 bits per heavy atom. The molecule has 3 nitrogen and oxygen atoms in total. The van der Waals surface area contributed by atoms with E-state index in [1.165, 1.54) is 0 Å². The first-order valence-corrected chi connectivity index (χ1v) is 3.43. The van der Waals surface area contributed by atoms with Crippen LogP contribution in [0.4, 0.5) is 0 Å². The van der Waals surface area contributed by atoms with Crippen LogP contribution in [0.5, 0.6) is 0 Å². The molecule has 1 saturated heterocycles. The smallest absolute Gasteiger partial charge is 0.0665 e. The Morgan fingerprint density at radius 1 is 1.33 bits per heavy atom. The molecule has 0 spiro atoms. The molecule has 0 aromatic heterocycles. The van der Waals surface area contributed by atoms with Gasteiger partial charge in [-0.3, -0.25) is 0 Å². The maximum absolute atomic E-state index is 9.09. The lowest BCUT2D eigenvalue weighted by Gasteiger charge is -2.04. The molecule has 1 fully saturated rings. The van der Waals surface area contributed by atoms with Gasteiger partial charge in [0.05, 0.1) is 6.10 Å². The van der Waals surface area contributed by atoms with Crippen LogP contribution < -0.4 is 11.1 Å². The van der Waals surface area contributed by atoms with E-state index in [-0.39, 0.29) is 12.1 Å². The Bertz CT molecular complexity index is 77.1. The summed E-state index contributed by atoms with van der Waals surface area (Å²) in [7, 11) is 0.